The summed E-state index contributed by atoms with van der Waals surface area (Å²) in [7, 11) is 1.68. The van der Waals surface area contributed by atoms with Gasteiger partial charge in [0.2, 0.25) is 0 Å². The molecule has 1 aromatic heterocycles. The average molecular weight is 292 g/mol. The fourth-order valence-corrected chi connectivity index (χ4v) is 3.09. The molecule has 0 saturated heterocycles. The van der Waals surface area contributed by atoms with Gasteiger partial charge in [0.05, 0.1) is 12.1 Å². The molecule has 0 fully saturated rings. The topological polar surface area (TPSA) is 52.6 Å². The van der Waals surface area contributed by atoms with Crippen LogP contribution in [0.5, 0.6) is 0 Å². The zero-order chi connectivity index (χ0) is 14.8. The number of hydrogen-bond acceptors (Lipinski definition) is 3. The number of aliphatic hydroxyl groups is 1. The molecule has 1 heterocycles. The molecule has 0 aliphatic carbocycles. The number of likely N-dealkylation sites (N-methyl/N-ethyl adjacent to an activating group) is 1. The molecular formula is C15H20N2O2S. The maximum absolute atomic E-state index is 12.0. The maximum Gasteiger partial charge on any atom is 0.317 e. The number of carbonyl (C=O) groups excluding carboxylic acids is 1. The second kappa shape index (κ2) is 5.81. The number of amides is 2. The van der Waals surface area contributed by atoms with Crippen molar-refractivity contribution in [3.8, 4) is 0 Å². The molecule has 0 aliphatic heterocycles. The van der Waals surface area contributed by atoms with Crippen LogP contribution < -0.4 is 5.32 Å². The van der Waals surface area contributed by atoms with Gasteiger partial charge in [-0.05, 0) is 36.2 Å². The van der Waals surface area contributed by atoms with Crippen molar-refractivity contribution in [2.45, 2.75) is 26.0 Å². The van der Waals surface area contributed by atoms with Crippen molar-refractivity contribution in [2.24, 2.45) is 0 Å². The van der Waals surface area contributed by atoms with Gasteiger partial charge in [0, 0.05) is 18.3 Å². The summed E-state index contributed by atoms with van der Waals surface area (Å²) in [6.07, 6.45) is 0. The monoisotopic (exact) mass is 292 g/mol. The number of benzene rings is 1. The van der Waals surface area contributed by atoms with Crippen molar-refractivity contribution in [1.82, 2.24) is 10.2 Å². The van der Waals surface area contributed by atoms with Crippen LogP contribution >= 0.6 is 11.3 Å². The van der Waals surface area contributed by atoms with E-state index in [-0.39, 0.29) is 6.03 Å². The zero-order valence-electron chi connectivity index (χ0n) is 12.0. The van der Waals surface area contributed by atoms with Gasteiger partial charge in [-0.3, -0.25) is 0 Å². The van der Waals surface area contributed by atoms with E-state index in [2.05, 4.69) is 22.8 Å². The molecule has 2 amide bonds. The standard InChI is InChI=1S/C15H20N2O2S/c1-15(2,19)10-17(3)14(18)16-8-11-9-20-13-7-5-4-6-12(11)13/h4-7,9,19H,8,10H2,1-3H3,(H,16,18). The molecule has 0 unspecified atom stereocenters. The molecule has 2 N–H and O–H groups in total. The predicted octanol–water partition coefficient (Wildman–Crippen LogP) is 2.81. The quantitative estimate of drug-likeness (QED) is 0.910. The van der Waals surface area contributed by atoms with Gasteiger partial charge in [-0.1, -0.05) is 18.2 Å². The minimum atomic E-state index is -0.888. The molecule has 4 nitrogen and oxygen atoms in total. The Labute approximate surface area is 123 Å². The Morgan fingerprint density at radius 1 is 1.40 bits per heavy atom. The van der Waals surface area contributed by atoms with Gasteiger partial charge < -0.3 is 15.3 Å². The Morgan fingerprint density at radius 2 is 2.10 bits per heavy atom. The van der Waals surface area contributed by atoms with Crippen LogP contribution in [0.4, 0.5) is 4.79 Å². The van der Waals surface area contributed by atoms with Gasteiger partial charge in [0.15, 0.2) is 0 Å². The first-order valence-electron chi connectivity index (χ1n) is 6.53. The van der Waals surface area contributed by atoms with Crippen LogP contribution in [0.25, 0.3) is 10.1 Å². The average Bonchev–Trinajstić information content (AvgIpc) is 2.77. The molecule has 20 heavy (non-hydrogen) atoms. The molecule has 0 radical (unpaired) electrons. The third kappa shape index (κ3) is 3.71. The summed E-state index contributed by atoms with van der Waals surface area (Å²) in [5.74, 6) is 0. The Balaban J connectivity index is 1.97. The van der Waals surface area contributed by atoms with Gasteiger partial charge in [-0.15, -0.1) is 11.3 Å². The lowest BCUT2D eigenvalue weighted by Crippen LogP contribution is -2.44. The highest BCUT2D eigenvalue weighted by Gasteiger charge is 2.19. The Morgan fingerprint density at radius 3 is 2.80 bits per heavy atom. The van der Waals surface area contributed by atoms with E-state index in [0.717, 1.165) is 5.56 Å². The number of rotatable bonds is 4. The molecule has 0 spiro atoms. The summed E-state index contributed by atoms with van der Waals surface area (Å²) in [6, 6.07) is 7.97. The highest BCUT2D eigenvalue weighted by Crippen LogP contribution is 2.25. The Kier molecular flexibility index (Phi) is 4.30. The zero-order valence-corrected chi connectivity index (χ0v) is 12.8. The first-order chi connectivity index (χ1) is 9.37. The number of nitrogens with one attached hydrogen (secondary N) is 1. The molecule has 0 aliphatic rings. The smallest absolute Gasteiger partial charge is 0.317 e. The number of carbonyl (C=O) groups is 1. The summed E-state index contributed by atoms with van der Waals surface area (Å²) < 4.78 is 1.22. The first kappa shape index (κ1) is 14.8. The van der Waals surface area contributed by atoms with Gasteiger partial charge in [-0.25, -0.2) is 4.79 Å². The lowest BCUT2D eigenvalue weighted by atomic mass is 10.1. The lowest BCUT2D eigenvalue weighted by molar-refractivity contribution is 0.0531. The molecular weight excluding hydrogens is 272 g/mol. The SMILES string of the molecule is CN(CC(C)(C)O)C(=O)NCc1csc2ccccc12. The van der Waals surface area contributed by atoms with Gasteiger partial charge >= 0.3 is 6.03 Å². The van der Waals surface area contributed by atoms with Gasteiger partial charge in [0.1, 0.15) is 0 Å². The summed E-state index contributed by atoms with van der Waals surface area (Å²) >= 11 is 1.68. The van der Waals surface area contributed by atoms with Crippen LogP contribution in [-0.2, 0) is 6.54 Å². The summed E-state index contributed by atoms with van der Waals surface area (Å²) in [5.41, 5.74) is 0.233. The summed E-state index contributed by atoms with van der Waals surface area (Å²) in [6.45, 7) is 4.16. The molecule has 0 atom stereocenters. The lowest BCUT2D eigenvalue weighted by Gasteiger charge is -2.25. The van der Waals surface area contributed by atoms with E-state index in [1.807, 2.05) is 12.1 Å². The maximum atomic E-state index is 12.0. The van der Waals surface area contributed by atoms with Crippen molar-refractivity contribution in [1.29, 1.82) is 0 Å². The third-order valence-corrected chi connectivity index (χ3v) is 3.97. The number of fused-ring (bicyclic) bond motifs is 1. The van der Waals surface area contributed by atoms with Crippen LogP contribution in [-0.4, -0.2) is 35.2 Å². The number of urea groups is 1. The normalized spacial score (nSPS) is 11.6. The van der Waals surface area contributed by atoms with Crippen molar-refractivity contribution in [3.63, 3.8) is 0 Å². The van der Waals surface area contributed by atoms with Crippen molar-refractivity contribution >= 4 is 27.5 Å². The molecule has 0 bridgehead atoms. The molecule has 1 aromatic carbocycles. The van der Waals surface area contributed by atoms with Crippen LogP contribution in [0, 0.1) is 0 Å². The van der Waals surface area contributed by atoms with E-state index in [0.29, 0.717) is 13.1 Å². The molecule has 2 aromatic rings. The molecule has 0 saturated carbocycles. The third-order valence-electron chi connectivity index (χ3n) is 2.96. The fraction of sp³-hybridized carbons (Fsp3) is 0.400. The van der Waals surface area contributed by atoms with Crippen molar-refractivity contribution < 1.29 is 9.90 Å². The number of nitrogens with zero attached hydrogens (tertiary/aromatic N) is 1. The highest BCUT2D eigenvalue weighted by atomic mass is 32.1. The number of hydrogen-bond donors (Lipinski definition) is 2. The minimum absolute atomic E-state index is 0.178. The highest BCUT2D eigenvalue weighted by molar-refractivity contribution is 7.17. The van der Waals surface area contributed by atoms with E-state index in [1.54, 1.807) is 32.2 Å². The second-order valence-electron chi connectivity index (χ2n) is 5.58. The Bertz CT molecular complexity index is 601. The molecule has 108 valence electrons. The summed E-state index contributed by atoms with van der Waals surface area (Å²) in [5, 5.41) is 15.8. The second-order valence-corrected chi connectivity index (χ2v) is 6.50. The fourth-order valence-electron chi connectivity index (χ4n) is 2.13. The number of thiophene rings is 1. The molecule has 2 rings (SSSR count). The van der Waals surface area contributed by atoms with Gasteiger partial charge in [-0.2, -0.15) is 0 Å². The van der Waals surface area contributed by atoms with Crippen molar-refractivity contribution in [2.75, 3.05) is 13.6 Å². The largest absolute Gasteiger partial charge is 0.389 e. The first-order valence-corrected chi connectivity index (χ1v) is 7.41. The molecule has 5 heteroatoms. The Hall–Kier alpha value is -1.59. The van der Waals surface area contributed by atoms with Crippen LogP contribution in [0.3, 0.4) is 0 Å². The van der Waals surface area contributed by atoms with Crippen LogP contribution in [0.2, 0.25) is 0 Å². The van der Waals surface area contributed by atoms with E-state index in [9.17, 15) is 9.90 Å². The van der Waals surface area contributed by atoms with E-state index >= 15 is 0 Å². The van der Waals surface area contributed by atoms with Crippen LogP contribution in [0.15, 0.2) is 29.6 Å². The van der Waals surface area contributed by atoms with Crippen LogP contribution in [0.1, 0.15) is 19.4 Å². The predicted molar refractivity (Wildman–Crippen MR) is 83.0 cm³/mol. The van der Waals surface area contributed by atoms with Crippen molar-refractivity contribution in [3.05, 3.63) is 35.2 Å². The van der Waals surface area contributed by atoms with Gasteiger partial charge in [0.25, 0.3) is 0 Å². The van der Waals surface area contributed by atoms with E-state index < -0.39 is 5.60 Å². The van der Waals surface area contributed by atoms with E-state index in [1.165, 1.54) is 15.0 Å². The summed E-state index contributed by atoms with van der Waals surface area (Å²) in [4.78, 5) is 13.5. The van der Waals surface area contributed by atoms with E-state index in [4.69, 9.17) is 0 Å². The minimum Gasteiger partial charge on any atom is -0.389 e.